The van der Waals surface area contributed by atoms with Gasteiger partial charge in [0.2, 0.25) is 5.91 Å². The van der Waals surface area contributed by atoms with Crippen LogP contribution in [0.1, 0.15) is 5.56 Å². The molecule has 116 valence electrons. The number of hydrogen-bond acceptors (Lipinski definition) is 4. The number of rotatable bonds is 5. The summed E-state index contributed by atoms with van der Waals surface area (Å²) in [6, 6.07) is 3.16. The molecule has 21 heavy (non-hydrogen) atoms. The lowest BCUT2D eigenvalue weighted by molar-refractivity contribution is -0.122. The Labute approximate surface area is 125 Å². The molecular weight excluding hydrogens is 306 g/mol. The van der Waals surface area contributed by atoms with Crippen molar-refractivity contribution in [2.75, 3.05) is 26.3 Å². The monoisotopic (exact) mass is 320 g/mol. The van der Waals surface area contributed by atoms with Crippen molar-refractivity contribution in [3.8, 4) is 11.5 Å². The highest BCUT2D eigenvalue weighted by molar-refractivity contribution is 6.32. The van der Waals surface area contributed by atoms with Crippen molar-refractivity contribution >= 4 is 17.5 Å². The maximum Gasteiger partial charge on any atom is 0.277 e. The fourth-order valence-corrected chi connectivity index (χ4v) is 2.10. The summed E-state index contributed by atoms with van der Waals surface area (Å²) in [6.45, 7) is -0.813. The predicted octanol–water partition coefficient (Wildman–Crippen LogP) is 1.36. The number of nitrogens with two attached hydrogens (primary N) is 1. The molecule has 1 amide bonds. The van der Waals surface area contributed by atoms with Gasteiger partial charge in [0.15, 0.2) is 11.5 Å². The second-order valence-electron chi connectivity index (χ2n) is 4.62. The molecule has 1 aliphatic heterocycles. The smallest absolute Gasteiger partial charge is 0.277 e. The lowest BCUT2D eigenvalue weighted by Gasteiger charge is -2.20. The van der Waals surface area contributed by atoms with Crippen LogP contribution in [0, 0.1) is 0 Å². The van der Waals surface area contributed by atoms with Gasteiger partial charge in [-0.25, -0.2) is 8.78 Å². The number of hydrogen-bond donors (Lipinski definition) is 2. The molecule has 1 aromatic carbocycles. The van der Waals surface area contributed by atoms with Gasteiger partial charge in [-0.3, -0.25) is 4.79 Å². The molecule has 0 atom stereocenters. The van der Waals surface area contributed by atoms with E-state index in [9.17, 15) is 13.6 Å². The van der Waals surface area contributed by atoms with Crippen molar-refractivity contribution in [3.05, 3.63) is 22.7 Å². The summed E-state index contributed by atoms with van der Waals surface area (Å²) in [4.78, 5) is 11.7. The Bertz CT molecular complexity index is 540. The van der Waals surface area contributed by atoms with Crippen LogP contribution in [0.2, 0.25) is 5.02 Å². The third-order valence-electron chi connectivity index (χ3n) is 2.86. The van der Waals surface area contributed by atoms with Crippen LogP contribution < -0.4 is 20.5 Å². The average molecular weight is 321 g/mol. The number of halogens is 3. The molecule has 5 nitrogen and oxygen atoms in total. The van der Waals surface area contributed by atoms with Crippen LogP contribution in [0.5, 0.6) is 11.5 Å². The molecule has 0 radical (unpaired) electrons. The highest BCUT2D eigenvalue weighted by Gasteiger charge is 2.27. The largest absolute Gasteiger partial charge is 0.486 e. The van der Waals surface area contributed by atoms with E-state index >= 15 is 0 Å². The van der Waals surface area contributed by atoms with E-state index in [1.807, 2.05) is 0 Å². The first kappa shape index (κ1) is 15.8. The summed E-state index contributed by atoms with van der Waals surface area (Å²) in [5.41, 5.74) is 5.45. The zero-order chi connectivity index (χ0) is 15.5. The number of nitrogens with one attached hydrogen (secondary N) is 1. The molecule has 8 heteroatoms. The van der Waals surface area contributed by atoms with Crippen LogP contribution in [0.15, 0.2) is 12.1 Å². The summed E-state index contributed by atoms with van der Waals surface area (Å²) < 4.78 is 36.6. The predicted molar refractivity (Wildman–Crippen MR) is 73.2 cm³/mol. The van der Waals surface area contributed by atoms with Gasteiger partial charge in [-0.2, -0.15) is 0 Å². The molecule has 0 fully saturated rings. The Kier molecular flexibility index (Phi) is 4.84. The SMILES string of the molecule is NCC(F)(F)CNC(=O)Cc1cc(Cl)c2c(c1)OCCO2. The third-order valence-corrected chi connectivity index (χ3v) is 3.14. The normalized spacial score (nSPS) is 13.9. The second-order valence-corrected chi connectivity index (χ2v) is 5.02. The maximum absolute atomic E-state index is 12.9. The summed E-state index contributed by atoms with van der Waals surface area (Å²) in [5, 5.41) is 2.46. The quantitative estimate of drug-likeness (QED) is 0.859. The summed E-state index contributed by atoms with van der Waals surface area (Å²) in [7, 11) is 0. The lowest BCUT2D eigenvalue weighted by Crippen LogP contribution is -2.42. The van der Waals surface area contributed by atoms with Crippen LogP contribution in [0.3, 0.4) is 0 Å². The minimum absolute atomic E-state index is 0.0863. The number of carbonyl (C=O) groups is 1. The van der Waals surface area contributed by atoms with Gasteiger partial charge in [0.25, 0.3) is 5.92 Å². The molecule has 0 spiro atoms. The molecule has 2 rings (SSSR count). The fraction of sp³-hybridized carbons (Fsp3) is 0.462. The summed E-state index contributed by atoms with van der Waals surface area (Å²) >= 11 is 6.03. The van der Waals surface area contributed by atoms with Gasteiger partial charge >= 0.3 is 0 Å². The van der Waals surface area contributed by atoms with Crippen LogP contribution in [0.4, 0.5) is 8.78 Å². The first-order valence-corrected chi connectivity index (χ1v) is 6.72. The number of carbonyl (C=O) groups excluding carboxylic acids is 1. The zero-order valence-corrected chi connectivity index (χ0v) is 11.9. The van der Waals surface area contributed by atoms with E-state index in [-0.39, 0.29) is 6.42 Å². The molecule has 1 aliphatic rings. The van der Waals surface area contributed by atoms with Gasteiger partial charge in [0.1, 0.15) is 13.2 Å². The summed E-state index contributed by atoms with van der Waals surface area (Å²) in [5.74, 6) is -2.78. The number of ether oxygens (including phenoxy) is 2. The van der Waals surface area contributed by atoms with Crippen LogP contribution >= 0.6 is 11.6 Å². The minimum atomic E-state index is -3.11. The highest BCUT2D eigenvalue weighted by Crippen LogP contribution is 2.38. The molecule has 1 aromatic rings. The fourth-order valence-electron chi connectivity index (χ4n) is 1.81. The first-order chi connectivity index (χ1) is 9.91. The first-order valence-electron chi connectivity index (χ1n) is 6.34. The summed E-state index contributed by atoms with van der Waals surface area (Å²) in [6.07, 6.45) is -0.0863. The van der Waals surface area contributed by atoms with Gasteiger partial charge < -0.3 is 20.5 Å². The van der Waals surface area contributed by atoms with Gasteiger partial charge in [-0.05, 0) is 17.7 Å². The number of fused-ring (bicyclic) bond motifs is 1. The molecule has 0 unspecified atom stereocenters. The molecule has 0 saturated carbocycles. The Hall–Kier alpha value is -1.60. The van der Waals surface area contributed by atoms with Gasteiger partial charge in [0.05, 0.1) is 24.5 Å². The number of amides is 1. The molecule has 0 aromatic heterocycles. The minimum Gasteiger partial charge on any atom is -0.486 e. The molecule has 0 saturated heterocycles. The molecular formula is C13H15ClF2N2O3. The molecule has 0 aliphatic carbocycles. The van der Waals surface area contributed by atoms with Crippen molar-refractivity contribution in [2.24, 2.45) is 5.73 Å². The van der Waals surface area contributed by atoms with Crippen molar-refractivity contribution in [3.63, 3.8) is 0 Å². The van der Waals surface area contributed by atoms with E-state index in [1.165, 1.54) is 0 Å². The van der Waals surface area contributed by atoms with E-state index in [0.717, 1.165) is 0 Å². The highest BCUT2D eigenvalue weighted by atomic mass is 35.5. The van der Waals surface area contributed by atoms with Crippen molar-refractivity contribution in [1.29, 1.82) is 0 Å². The van der Waals surface area contributed by atoms with E-state index in [4.69, 9.17) is 26.8 Å². The van der Waals surface area contributed by atoms with Crippen molar-refractivity contribution in [1.82, 2.24) is 5.32 Å². The maximum atomic E-state index is 12.9. The zero-order valence-electron chi connectivity index (χ0n) is 11.1. The van der Waals surface area contributed by atoms with E-state index in [2.05, 4.69) is 5.32 Å². The van der Waals surface area contributed by atoms with Crippen LogP contribution in [-0.4, -0.2) is 38.1 Å². The van der Waals surface area contributed by atoms with Gasteiger partial charge in [-0.1, -0.05) is 11.6 Å². The van der Waals surface area contributed by atoms with E-state index in [0.29, 0.717) is 35.3 Å². The second kappa shape index (κ2) is 6.44. The van der Waals surface area contributed by atoms with E-state index < -0.39 is 24.9 Å². The Morgan fingerprint density at radius 1 is 1.38 bits per heavy atom. The van der Waals surface area contributed by atoms with Crippen LogP contribution in [-0.2, 0) is 11.2 Å². The Morgan fingerprint density at radius 3 is 2.81 bits per heavy atom. The van der Waals surface area contributed by atoms with Crippen molar-refractivity contribution < 1.29 is 23.0 Å². The van der Waals surface area contributed by atoms with Crippen molar-refractivity contribution in [2.45, 2.75) is 12.3 Å². The molecule has 3 N–H and O–H groups in total. The molecule has 0 bridgehead atoms. The van der Waals surface area contributed by atoms with Gasteiger partial charge in [-0.15, -0.1) is 0 Å². The molecule has 1 heterocycles. The Balaban J connectivity index is 2.00. The number of benzene rings is 1. The van der Waals surface area contributed by atoms with Gasteiger partial charge in [0, 0.05) is 0 Å². The van der Waals surface area contributed by atoms with E-state index in [1.54, 1.807) is 12.1 Å². The third kappa shape index (κ3) is 4.18. The number of alkyl halides is 2. The lowest BCUT2D eigenvalue weighted by atomic mass is 10.1. The Morgan fingerprint density at radius 2 is 2.10 bits per heavy atom. The van der Waals surface area contributed by atoms with Crippen LogP contribution in [0.25, 0.3) is 0 Å². The topological polar surface area (TPSA) is 73.6 Å². The standard InChI is InChI=1S/C13H15ClF2N2O3/c14-9-3-8(4-10-12(9)21-2-1-20-10)5-11(19)18-7-13(15,16)6-17/h3-4H,1-2,5-7,17H2,(H,18,19). The average Bonchev–Trinajstić information content (AvgIpc) is 2.45.